The second kappa shape index (κ2) is 14.7. The second-order valence-corrected chi connectivity index (χ2v) is 23.5. The molecule has 7 fully saturated rings. The minimum atomic E-state index is -0.803. The molecule has 0 bridgehead atoms. The van der Waals surface area contributed by atoms with E-state index in [0.29, 0.717) is 54.3 Å². The van der Waals surface area contributed by atoms with E-state index in [4.69, 9.17) is 9.72 Å². The van der Waals surface area contributed by atoms with E-state index < -0.39 is 17.3 Å². The van der Waals surface area contributed by atoms with Crippen LogP contribution >= 0.6 is 0 Å². The van der Waals surface area contributed by atoms with Crippen molar-refractivity contribution in [1.29, 1.82) is 0 Å². The Morgan fingerprint density at radius 1 is 0.885 bits per heavy atom. The number of carboxylic acid groups (broad SMARTS) is 1. The lowest BCUT2D eigenvalue weighted by Gasteiger charge is -2.73. The maximum atomic E-state index is 15.6. The normalized spacial score (nSPS) is 43.7. The van der Waals surface area contributed by atoms with E-state index in [1.54, 1.807) is 12.1 Å². The van der Waals surface area contributed by atoms with Crippen LogP contribution in [0.15, 0.2) is 30.5 Å². The van der Waals surface area contributed by atoms with Gasteiger partial charge in [0.05, 0.1) is 35.2 Å². The number of benzene rings is 1. The SMILES string of the molecule is CCC1(C)[C@@H](C(=O)O[C@H]2CC[C@@]3(C)C(CC[C@]4(C)C3CC[C@@H]3C5[C@H](C(C)C)CC[C@]5(C(=O)N5CCCC5c5ncc(-c6ccc(F)cc6)[nH]5)CC[C@]34C)C2(C)C)C[C@H]1C(=O)O. The highest BCUT2D eigenvalue weighted by Crippen LogP contribution is 2.78. The number of nitrogens with zero attached hydrogens (tertiary/aromatic N) is 2. The molecule has 1 aromatic heterocycles. The number of esters is 1. The Kier molecular flexibility index (Phi) is 10.3. The average Bonchev–Trinajstić information content (AvgIpc) is 3.98. The number of aromatic amines is 1. The Balaban J connectivity index is 0.961. The Hall–Kier alpha value is -3.23. The number of carboxylic acids is 1. The maximum absolute atomic E-state index is 15.6. The van der Waals surface area contributed by atoms with Crippen LogP contribution in [0.3, 0.4) is 0 Å². The lowest BCUT2D eigenvalue weighted by Crippen LogP contribution is -2.67. The number of ether oxygens (including phenoxy) is 1. The first-order valence-corrected chi connectivity index (χ1v) is 24.3. The summed E-state index contributed by atoms with van der Waals surface area (Å²) in [6.45, 7) is 22.1. The Labute approximate surface area is 364 Å². The number of likely N-dealkylation sites (tertiary alicyclic amines) is 1. The van der Waals surface area contributed by atoms with Crippen molar-refractivity contribution in [3.8, 4) is 11.3 Å². The van der Waals surface area contributed by atoms with Crippen molar-refractivity contribution >= 4 is 17.8 Å². The molecule has 1 aromatic carbocycles. The summed E-state index contributed by atoms with van der Waals surface area (Å²) in [6, 6.07) is 6.44. The number of amides is 1. The van der Waals surface area contributed by atoms with Gasteiger partial charge in [0, 0.05) is 12.0 Å². The number of aliphatic carboxylic acids is 1. The van der Waals surface area contributed by atoms with E-state index in [9.17, 15) is 19.1 Å². The van der Waals surface area contributed by atoms with E-state index in [2.05, 4.69) is 58.4 Å². The maximum Gasteiger partial charge on any atom is 0.309 e. The van der Waals surface area contributed by atoms with Crippen LogP contribution in [-0.2, 0) is 19.1 Å². The lowest BCUT2D eigenvalue weighted by atomic mass is 9.32. The first-order valence-electron chi connectivity index (χ1n) is 24.3. The standard InChI is InChI=1S/C52H74FN3O5/c1-10-48(6)35(44(57)58)28-36(48)45(59)61-41-21-22-49(7)39(47(41,4)5)20-23-51(9)40(49)18-17-34-42-33(30(2)3)19-24-52(42,26-25-50(34,51)8)46(60)56-27-11-12-38(56)43-54-29-37(55-43)31-13-15-32(53)16-14-31/h13-16,29-30,33-36,38-42H,10-12,17-28H2,1-9H3,(H,54,55)(H,57,58)/t33-,34+,35-,36+,38?,39?,40?,41-,42?,48?,49-,50+,51+,52-/m0/s1. The van der Waals surface area contributed by atoms with Gasteiger partial charge in [-0.3, -0.25) is 14.4 Å². The summed E-state index contributed by atoms with van der Waals surface area (Å²) >= 11 is 0. The summed E-state index contributed by atoms with van der Waals surface area (Å²) < 4.78 is 20.3. The third-order valence-electron chi connectivity index (χ3n) is 21.0. The number of nitrogens with one attached hydrogen (secondary N) is 1. The van der Waals surface area contributed by atoms with E-state index in [1.807, 2.05) is 20.0 Å². The number of fused-ring (bicyclic) bond motifs is 7. The number of rotatable bonds is 8. The molecule has 9 heteroatoms. The van der Waals surface area contributed by atoms with E-state index >= 15 is 4.79 Å². The fourth-order valence-corrected chi connectivity index (χ4v) is 17.1. The minimum absolute atomic E-state index is 0.0732. The third kappa shape index (κ3) is 6.05. The minimum Gasteiger partial charge on any atom is -0.481 e. The van der Waals surface area contributed by atoms with Crippen molar-refractivity contribution in [2.45, 2.75) is 164 Å². The number of imidazole rings is 1. The van der Waals surface area contributed by atoms with Gasteiger partial charge in [0.2, 0.25) is 5.91 Å². The van der Waals surface area contributed by atoms with Gasteiger partial charge in [-0.25, -0.2) is 9.37 Å². The van der Waals surface area contributed by atoms with Crippen LogP contribution in [-0.4, -0.2) is 50.5 Å². The molecule has 9 rings (SSSR count). The zero-order valence-electron chi connectivity index (χ0n) is 38.6. The Morgan fingerprint density at radius 3 is 2.31 bits per heavy atom. The van der Waals surface area contributed by atoms with Crippen LogP contribution in [0.1, 0.15) is 164 Å². The molecule has 0 spiro atoms. The van der Waals surface area contributed by atoms with Crippen LogP contribution in [0.5, 0.6) is 0 Å². The summed E-state index contributed by atoms with van der Waals surface area (Å²) in [5.41, 5.74) is 1.03. The van der Waals surface area contributed by atoms with E-state index in [1.165, 1.54) is 25.0 Å². The summed E-state index contributed by atoms with van der Waals surface area (Å²) in [4.78, 5) is 52.0. The highest BCUT2D eigenvalue weighted by atomic mass is 19.1. The van der Waals surface area contributed by atoms with Crippen LogP contribution < -0.4 is 0 Å². The van der Waals surface area contributed by atoms with E-state index in [-0.39, 0.29) is 56.9 Å². The first kappa shape index (κ1) is 43.0. The van der Waals surface area contributed by atoms with Crippen molar-refractivity contribution < 1.29 is 28.6 Å². The molecule has 1 amide bonds. The molecule has 2 heterocycles. The number of carbonyl (C=O) groups excluding carboxylic acids is 2. The molecule has 6 saturated carbocycles. The van der Waals surface area contributed by atoms with Gasteiger partial charge in [-0.2, -0.15) is 0 Å². The van der Waals surface area contributed by atoms with Crippen LogP contribution in [0.2, 0.25) is 0 Å². The van der Waals surface area contributed by atoms with Gasteiger partial charge in [0.15, 0.2) is 0 Å². The molecule has 2 aromatic rings. The van der Waals surface area contributed by atoms with Crippen LogP contribution in [0.25, 0.3) is 11.3 Å². The number of H-pyrrole nitrogens is 1. The monoisotopic (exact) mass is 840 g/mol. The average molecular weight is 840 g/mol. The van der Waals surface area contributed by atoms with Gasteiger partial charge in [0.1, 0.15) is 17.7 Å². The molecular formula is C52H74FN3O5. The van der Waals surface area contributed by atoms with Crippen molar-refractivity contribution in [1.82, 2.24) is 14.9 Å². The fourth-order valence-electron chi connectivity index (χ4n) is 17.1. The number of halogens is 1. The molecule has 61 heavy (non-hydrogen) atoms. The van der Waals surface area contributed by atoms with Crippen molar-refractivity contribution in [2.75, 3.05) is 6.54 Å². The predicted octanol–water partition coefficient (Wildman–Crippen LogP) is 11.7. The molecule has 2 N–H and O–H groups in total. The van der Waals surface area contributed by atoms with Gasteiger partial charge >= 0.3 is 11.9 Å². The zero-order chi connectivity index (χ0) is 43.7. The topological polar surface area (TPSA) is 113 Å². The Bertz CT molecular complexity index is 2050. The molecule has 5 unspecified atom stereocenters. The molecule has 334 valence electrons. The first-order chi connectivity index (χ1) is 28.8. The second-order valence-electron chi connectivity index (χ2n) is 23.5. The third-order valence-corrected chi connectivity index (χ3v) is 21.0. The quantitative estimate of drug-likeness (QED) is 0.256. The summed E-state index contributed by atoms with van der Waals surface area (Å²) in [7, 11) is 0. The fraction of sp³-hybridized carbons (Fsp3) is 0.769. The van der Waals surface area contributed by atoms with Crippen molar-refractivity contribution in [2.24, 2.45) is 79.8 Å². The number of hydrogen-bond donors (Lipinski definition) is 2. The molecule has 8 nitrogen and oxygen atoms in total. The molecule has 1 aliphatic heterocycles. The van der Waals surface area contributed by atoms with Gasteiger partial charge in [-0.05, 0) is 177 Å². The van der Waals surface area contributed by atoms with Gasteiger partial charge < -0.3 is 19.7 Å². The molecule has 14 atom stereocenters. The highest BCUT2D eigenvalue weighted by Gasteiger charge is 2.73. The summed E-state index contributed by atoms with van der Waals surface area (Å²) in [5, 5.41) is 9.84. The number of hydrogen-bond acceptors (Lipinski definition) is 5. The highest BCUT2D eigenvalue weighted by molar-refractivity contribution is 5.85. The van der Waals surface area contributed by atoms with Crippen LogP contribution in [0, 0.1) is 85.7 Å². The summed E-state index contributed by atoms with van der Waals surface area (Å²) in [6.07, 6.45) is 15.3. The van der Waals surface area contributed by atoms with Gasteiger partial charge in [0.25, 0.3) is 0 Å². The molecule has 0 radical (unpaired) electrons. The molecular weight excluding hydrogens is 766 g/mol. The lowest BCUT2D eigenvalue weighted by molar-refractivity contribution is -0.253. The molecule has 6 aliphatic carbocycles. The van der Waals surface area contributed by atoms with E-state index in [0.717, 1.165) is 87.8 Å². The predicted molar refractivity (Wildman–Crippen MR) is 234 cm³/mol. The Morgan fingerprint density at radius 2 is 1.62 bits per heavy atom. The largest absolute Gasteiger partial charge is 0.481 e. The van der Waals surface area contributed by atoms with Crippen molar-refractivity contribution in [3.63, 3.8) is 0 Å². The van der Waals surface area contributed by atoms with Gasteiger partial charge in [-0.15, -0.1) is 0 Å². The molecule has 7 aliphatic rings. The van der Waals surface area contributed by atoms with Crippen LogP contribution in [0.4, 0.5) is 4.39 Å². The van der Waals surface area contributed by atoms with Crippen molar-refractivity contribution in [3.05, 3.63) is 42.1 Å². The smallest absolute Gasteiger partial charge is 0.309 e. The number of aromatic nitrogens is 2. The summed E-state index contributed by atoms with van der Waals surface area (Å²) in [5.74, 6) is 2.00. The number of carbonyl (C=O) groups is 3. The molecule has 1 saturated heterocycles. The zero-order valence-corrected chi connectivity index (χ0v) is 38.6. The van der Waals surface area contributed by atoms with Gasteiger partial charge in [-0.1, -0.05) is 62.3 Å².